The molecule has 160 valence electrons. The van der Waals surface area contributed by atoms with E-state index in [2.05, 4.69) is 9.97 Å². The van der Waals surface area contributed by atoms with Gasteiger partial charge in [0.1, 0.15) is 11.8 Å². The van der Waals surface area contributed by atoms with Crippen molar-refractivity contribution in [3.05, 3.63) is 75.8 Å². The fraction of sp³-hybridized carbons (Fsp3) is 0.182. The number of aryl methyl sites for hydroxylation is 1. The summed E-state index contributed by atoms with van der Waals surface area (Å²) in [6.07, 6.45) is 3.74. The molecule has 2 aromatic carbocycles. The second-order valence-corrected chi connectivity index (χ2v) is 8.09. The Morgan fingerprint density at radius 3 is 2.94 bits per heavy atom. The number of benzene rings is 2. The van der Waals surface area contributed by atoms with E-state index >= 15 is 0 Å². The van der Waals surface area contributed by atoms with Crippen molar-refractivity contribution in [3.63, 3.8) is 0 Å². The van der Waals surface area contributed by atoms with Crippen LogP contribution in [-0.2, 0) is 7.05 Å². The average Bonchev–Trinajstić information content (AvgIpc) is 3.32. The molecule has 0 saturated carbocycles. The molecule has 10 heteroatoms. The molecular weight excluding hydrogens is 435 g/mol. The molecule has 6 rings (SSSR count). The summed E-state index contributed by atoms with van der Waals surface area (Å²) in [4.78, 5) is 26.8. The maximum absolute atomic E-state index is 14.3. The Bertz CT molecular complexity index is 1590. The number of nitrogens with zero attached hydrogens (tertiary/aromatic N) is 6. The third-order valence-electron chi connectivity index (χ3n) is 5.85. The summed E-state index contributed by atoms with van der Waals surface area (Å²) in [6, 6.07) is 9.70. The van der Waals surface area contributed by atoms with Crippen LogP contribution in [0.1, 0.15) is 18.0 Å². The standard InChI is InChI=1S/C22H16ClFN6O2/c1-28-18-10-25-21(29-11-26-15-6-5-12(23)9-17(15)29)27-20(18)30(22(28)31)16-7-8-32-19-13(16)3-2-4-14(19)24/h2-6,9-11,16H,7-8H2,1H3/t16-/m1/s1. The Hall–Kier alpha value is -3.72. The molecule has 0 amide bonds. The minimum absolute atomic E-state index is 0.178. The zero-order chi connectivity index (χ0) is 22.0. The Morgan fingerprint density at radius 1 is 1.19 bits per heavy atom. The predicted molar refractivity (Wildman–Crippen MR) is 117 cm³/mol. The molecule has 0 saturated heterocycles. The molecule has 0 aliphatic carbocycles. The van der Waals surface area contributed by atoms with E-state index < -0.39 is 11.9 Å². The van der Waals surface area contributed by atoms with Crippen LogP contribution in [0.2, 0.25) is 5.02 Å². The number of ether oxygens (including phenoxy) is 1. The van der Waals surface area contributed by atoms with Crippen molar-refractivity contribution < 1.29 is 9.13 Å². The van der Waals surface area contributed by atoms with E-state index in [1.165, 1.54) is 10.6 Å². The predicted octanol–water partition coefficient (Wildman–Crippen LogP) is 3.63. The fourth-order valence-corrected chi connectivity index (χ4v) is 4.47. The highest BCUT2D eigenvalue weighted by Gasteiger charge is 2.29. The smallest absolute Gasteiger partial charge is 0.330 e. The monoisotopic (exact) mass is 450 g/mol. The van der Waals surface area contributed by atoms with Crippen molar-refractivity contribution in [2.75, 3.05) is 6.61 Å². The van der Waals surface area contributed by atoms with Crippen LogP contribution in [0.5, 0.6) is 5.75 Å². The van der Waals surface area contributed by atoms with Crippen molar-refractivity contribution in [3.8, 4) is 11.7 Å². The third kappa shape index (κ3) is 2.67. The van der Waals surface area contributed by atoms with Crippen molar-refractivity contribution in [2.24, 2.45) is 7.05 Å². The first kappa shape index (κ1) is 19.0. The highest BCUT2D eigenvalue weighted by molar-refractivity contribution is 6.31. The molecule has 1 atom stereocenters. The molecule has 3 aromatic heterocycles. The zero-order valence-corrected chi connectivity index (χ0v) is 17.6. The third-order valence-corrected chi connectivity index (χ3v) is 6.09. The number of aromatic nitrogens is 6. The van der Waals surface area contributed by atoms with Gasteiger partial charge in [-0.3, -0.25) is 13.7 Å². The number of hydrogen-bond donors (Lipinski definition) is 0. The number of halogens is 2. The van der Waals surface area contributed by atoms with Gasteiger partial charge in [0, 0.05) is 24.1 Å². The molecule has 0 N–H and O–H groups in total. The van der Waals surface area contributed by atoms with E-state index in [-0.39, 0.29) is 11.4 Å². The van der Waals surface area contributed by atoms with E-state index in [1.54, 1.807) is 53.0 Å². The van der Waals surface area contributed by atoms with Crippen molar-refractivity contribution in [1.29, 1.82) is 0 Å². The molecule has 0 bridgehead atoms. The summed E-state index contributed by atoms with van der Waals surface area (Å²) in [5.74, 6) is 0.0860. The van der Waals surface area contributed by atoms with Crippen LogP contribution in [-0.4, -0.2) is 35.3 Å². The van der Waals surface area contributed by atoms with Gasteiger partial charge in [0.2, 0.25) is 5.95 Å². The second kappa shape index (κ2) is 6.89. The lowest BCUT2D eigenvalue weighted by Gasteiger charge is -2.26. The number of rotatable bonds is 2. The van der Waals surface area contributed by atoms with Gasteiger partial charge in [-0.2, -0.15) is 4.98 Å². The van der Waals surface area contributed by atoms with Gasteiger partial charge in [0.15, 0.2) is 17.2 Å². The molecule has 5 aromatic rings. The summed E-state index contributed by atoms with van der Waals surface area (Å²) >= 11 is 6.17. The summed E-state index contributed by atoms with van der Waals surface area (Å²) in [6.45, 7) is 0.296. The first-order chi connectivity index (χ1) is 15.5. The minimum atomic E-state index is -0.447. The summed E-state index contributed by atoms with van der Waals surface area (Å²) in [7, 11) is 1.67. The van der Waals surface area contributed by atoms with Gasteiger partial charge in [-0.1, -0.05) is 23.7 Å². The van der Waals surface area contributed by atoms with E-state index in [1.807, 2.05) is 6.07 Å². The normalized spacial score (nSPS) is 15.8. The van der Waals surface area contributed by atoms with Gasteiger partial charge in [0.05, 0.1) is 29.9 Å². The number of imidazole rings is 2. The fourth-order valence-electron chi connectivity index (χ4n) is 4.30. The zero-order valence-electron chi connectivity index (χ0n) is 16.9. The number of hydrogen-bond acceptors (Lipinski definition) is 5. The van der Waals surface area contributed by atoms with Crippen molar-refractivity contribution in [2.45, 2.75) is 12.5 Å². The average molecular weight is 451 g/mol. The maximum Gasteiger partial charge on any atom is 0.330 e. The van der Waals surface area contributed by atoms with Crippen LogP contribution in [0.4, 0.5) is 4.39 Å². The molecule has 0 unspecified atom stereocenters. The Morgan fingerprint density at radius 2 is 2.06 bits per heavy atom. The lowest BCUT2D eigenvalue weighted by Crippen LogP contribution is -2.30. The van der Waals surface area contributed by atoms with E-state index in [9.17, 15) is 9.18 Å². The topological polar surface area (TPSA) is 79.8 Å². The molecule has 1 aliphatic rings. The Balaban J connectivity index is 1.59. The van der Waals surface area contributed by atoms with Crippen LogP contribution in [0.25, 0.3) is 28.1 Å². The molecule has 0 fully saturated rings. The first-order valence-electron chi connectivity index (χ1n) is 10.0. The van der Waals surface area contributed by atoms with Gasteiger partial charge >= 0.3 is 5.69 Å². The van der Waals surface area contributed by atoms with Gasteiger partial charge in [-0.05, 0) is 24.3 Å². The Kier molecular flexibility index (Phi) is 4.09. The molecular formula is C22H16ClFN6O2. The van der Waals surface area contributed by atoms with Crippen LogP contribution in [0, 0.1) is 5.82 Å². The van der Waals surface area contributed by atoms with E-state index in [0.29, 0.717) is 40.7 Å². The van der Waals surface area contributed by atoms with Crippen molar-refractivity contribution >= 4 is 33.8 Å². The largest absolute Gasteiger partial charge is 0.490 e. The molecule has 32 heavy (non-hydrogen) atoms. The maximum atomic E-state index is 14.3. The molecule has 0 radical (unpaired) electrons. The van der Waals surface area contributed by atoms with Crippen LogP contribution in [0.15, 0.2) is 53.7 Å². The second-order valence-electron chi connectivity index (χ2n) is 7.65. The Labute approximate surface area is 185 Å². The quantitative estimate of drug-likeness (QED) is 0.410. The van der Waals surface area contributed by atoms with Crippen LogP contribution in [0.3, 0.4) is 0 Å². The van der Waals surface area contributed by atoms with Crippen LogP contribution < -0.4 is 10.4 Å². The summed E-state index contributed by atoms with van der Waals surface area (Å²) in [5.41, 5.74) is 2.88. The van der Waals surface area contributed by atoms with Gasteiger partial charge in [-0.15, -0.1) is 0 Å². The van der Waals surface area contributed by atoms with Crippen molar-refractivity contribution in [1.82, 2.24) is 28.7 Å². The SMILES string of the molecule is Cn1c(=O)n([C@@H]2CCOc3c(F)cccc32)c2nc(-n3cnc4ccc(Cl)cc43)ncc21. The molecule has 8 nitrogen and oxygen atoms in total. The van der Waals surface area contributed by atoms with Crippen LogP contribution >= 0.6 is 11.6 Å². The first-order valence-corrected chi connectivity index (χ1v) is 10.4. The van der Waals surface area contributed by atoms with Gasteiger partial charge < -0.3 is 4.74 Å². The summed E-state index contributed by atoms with van der Waals surface area (Å²) < 4.78 is 24.7. The van der Waals surface area contributed by atoms with Gasteiger partial charge in [0.25, 0.3) is 0 Å². The molecule has 0 spiro atoms. The lowest BCUT2D eigenvalue weighted by atomic mass is 10.00. The van der Waals surface area contributed by atoms with Gasteiger partial charge in [-0.25, -0.2) is 19.2 Å². The highest BCUT2D eigenvalue weighted by Crippen LogP contribution is 2.37. The van der Waals surface area contributed by atoms with E-state index in [0.717, 1.165) is 11.0 Å². The summed E-state index contributed by atoms with van der Waals surface area (Å²) in [5, 5.41) is 0.567. The number of para-hydroxylation sites is 1. The van der Waals surface area contributed by atoms with E-state index in [4.69, 9.17) is 21.3 Å². The lowest BCUT2D eigenvalue weighted by molar-refractivity contribution is 0.243. The molecule has 4 heterocycles. The highest BCUT2D eigenvalue weighted by atomic mass is 35.5. The molecule has 1 aliphatic heterocycles. The minimum Gasteiger partial charge on any atom is -0.490 e. The number of fused-ring (bicyclic) bond motifs is 3.